The molecule has 2 aromatic rings. The number of aryl methyl sites for hydroxylation is 1. The maximum atomic E-state index is 12.9. The maximum absolute atomic E-state index is 12.9. The summed E-state index contributed by atoms with van der Waals surface area (Å²) in [5, 5.41) is 12.4. The second-order valence-electron chi connectivity index (χ2n) is 9.31. The van der Waals surface area contributed by atoms with Crippen molar-refractivity contribution in [1.82, 2.24) is 4.98 Å². The number of carbonyl (C=O) groups is 1. The van der Waals surface area contributed by atoms with Gasteiger partial charge >= 0.3 is 0 Å². The van der Waals surface area contributed by atoms with E-state index in [1.807, 2.05) is 51.3 Å². The number of nitrogens with zero attached hydrogens (tertiary/aromatic N) is 3. The molecule has 0 spiro atoms. The Kier molecular flexibility index (Phi) is 8.97. The van der Waals surface area contributed by atoms with Crippen LogP contribution in [0.5, 0.6) is 0 Å². The second-order valence-corrected chi connectivity index (χ2v) is 9.31. The highest BCUT2D eigenvalue weighted by molar-refractivity contribution is 6.04. The number of aliphatic imine (C=N–C) groups is 1. The van der Waals surface area contributed by atoms with Crippen molar-refractivity contribution in [3.63, 3.8) is 0 Å². The van der Waals surface area contributed by atoms with Crippen molar-refractivity contribution in [2.45, 2.75) is 58.8 Å². The topological polar surface area (TPSA) is 104 Å². The molecule has 1 aromatic heterocycles. The molecule has 6 heteroatoms. The van der Waals surface area contributed by atoms with Gasteiger partial charge in [-0.2, -0.15) is 5.26 Å². The molecule has 0 unspecified atom stereocenters. The predicted octanol–water partition coefficient (Wildman–Crippen LogP) is 6.26. The van der Waals surface area contributed by atoms with Crippen molar-refractivity contribution in [1.29, 1.82) is 5.26 Å². The van der Waals surface area contributed by atoms with E-state index in [2.05, 4.69) is 34.4 Å². The van der Waals surface area contributed by atoms with Gasteiger partial charge < -0.3 is 11.1 Å². The van der Waals surface area contributed by atoms with Crippen LogP contribution < -0.4 is 11.1 Å². The fourth-order valence-corrected chi connectivity index (χ4v) is 3.89. The minimum Gasteiger partial charge on any atom is -0.404 e. The van der Waals surface area contributed by atoms with Crippen LogP contribution in [-0.4, -0.2) is 23.7 Å². The molecule has 1 aliphatic carbocycles. The molecule has 6 nitrogen and oxygen atoms in total. The second kappa shape index (κ2) is 12.1. The zero-order chi connectivity index (χ0) is 26.1. The molecule has 1 amide bonds. The molecule has 1 aromatic carbocycles. The molecule has 1 heterocycles. The van der Waals surface area contributed by atoms with Crippen LogP contribution in [0.15, 0.2) is 71.0 Å². The Hall–Kier alpha value is -3.98. The molecule has 1 saturated carbocycles. The Morgan fingerprint density at radius 1 is 1.28 bits per heavy atom. The van der Waals surface area contributed by atoms with Crippen molar-refractivity contribution < 1.29 is 4.79 Å². The molecule has 0 atom stereocenters. The number of nitriles is 1. The van der Waals surface area contributed by atoms with E-state index in [-0.39, 0.29) is 5.91 Å². The summed E-state index contributed by atoms with van der Waals surface area (Å²) in [5.41, 5.74) is 12.4. The summed E-state index contributed by atoms with van der Waals surface area (Å²) in [4.78, 5) is 21.8. The molecule has 3 N–H and O–H groups in total. The van der Waals surface area contributed by atoms with E-state index >= 15 is 0 Å². The molecule has 0 aliphatic heterocycles. The van der Waals surface area contributed by atoms with Crippen molar-refractivity contribution in [2.24, 2.45) is 10.7 Å². The Bertz CT molecular complexity index is 1270. The molecule has 1 aliphatic rings. The van der Waals surface area contributed by atoms with Crippen molar-refractivity contribution in [2.75, 3.05) is 11.9 Å². The summed E-state index contributed by atoms with van der Waals surface area (Å²) in [7, 11) is 0. The zero-order valence-electron chi connectivity index (χ0n) is 21.6. The third-order valence-electron chi connectivity index (χ3n) is 6.52. The Morgan fingerprint density at radius 2 is 2.06 bits per heavy atom. The van der Waals surface area contributed by atoms with Crippen LogP contribution in [0.3, 0.4) is 0 Å². The average molecular weight is 482 g/mol. The monoisotopic (exact) mass is 481 g/mol. The summed E-state index contributed by atoms with van der Waals surface area (Å²) in [6.45, 7) is 8.81. The summed E-state index contributed by atoms with van der Waals surface area (Å²) in [5.74, 6) is -0.222. The number of anilines is 1. The number of nitrogens with one attached hydrogen (secondary N) is 1. The normalized spacial score (nSPS) is 15.6. The van der Waals surface area contributed by atoms with Crippen LogP contribution in [0.4, 0.5) is 5.69 Å². The fourth-order valence-electron chi connectivity index (χ4n) is 3.89. The number of amides is 1. The van der Waals surface area contributed by atoms with Crippen LogP contribution in [0.25, 0.3) is 5.57 Å². The van der Waals surface area contributed by atoms with Gasteiger partial charge in [-0.15, -0.1) is 0 Å². The van der Waals surface area contributed by atoms with Gasteiger partial charge in [-0.05, 0) is 104 Å². The van der Waals surface area contributed by atoms with E-state index in [9.17, 15) is 10.1 Å². The molecule has 186 valence electrons. The number of hydrogen-bond donors (Lipinski definition) is 2. The molecule has 1 fully saturated rings. The minimum absolute atomic E-state index is 0.222. The largest absolute Gasteiger partial charge is 0.404 e. The van der Waals surface area contributed by atoms with Crippen molar-refractivity contribution >= 4 is 23.4 Å². The SMILES string of the molecule is CCC/C=C(CN=C/C=C(\C)c1cc(NC(=O)c2ccnc(C3(C#N)CC3)c2)ccc1C)\C(C)=C/N. The van der Waals surface area contributed by atoms with Crippen LogP contribution >= 0.6 is 0 Å². The Balaban J connectivity index is 1.72. The van der Waals surface area contributed by atoms with Gasteiger partial charge in [0.15, 0.2) is 0 Å². The highest BCUT2D eigenvalue weighted by Crippen LogP contribution is 2.46. The van der Waals surface area contributed by atoms with E-state index in [0.717, 1.165) is 53.5 Å². The van der Waals surface area contributed by atoms with Crippen LogP contribution in [-0.2, 0) is 5.41 Å². The first kappa shape index (κ1) is 26.6. The Morgan fingerprint density at radius 3 is 2.72 bits per heavy atom. The Labute approximate surface area is 214 Å². The van der Waals surface area contributed by atoms with E-state index < -0.39 is 5.41 Å². The number of rotatable bonds is 10. The quantitative estimate of drug-likeness (QED) is 0.309. The van der Waals surface area contributed by atoms with E-state index in [1.54, 1.807) is 24.5 Å². The number of hydrogen-bond acceptors (Lipinski definition) is 5. The van der Waals surface area contributed by atoms with E-state index in [0.29, 0.717) is 23.5 Å². The number of carbonyl (C=O) groups excluding carboxylic acids is 1. The van der Waals surface area contributed by atoms with E-state index in [1.165, 1.54) is 0 Å². The summed E-state index contributed by atoms with van der Waals surface area (Å²) >= 11 is 0. The van der Waals surface area contributed by atoms with Gasteiger partial charge in [0.05, 0.1) is 23.7 Å². The van der Waals surface area contributed by atoms with Gasteiger partial charge in [-0.3, -0.25) is 14.8 Å². The lowest BCUT2D eigenvalue weighted by Crippen LogP contribution is -2.14. The lowest BCUT2D eigenvalue weighted by Gasteiger charge is -2.12. The van der Waals surface area contributed by atoms with Crippen LogP contribution in [0.2, 0.25) is 0 Å². The van der Waals surface area contributed by atoms with Gasteiger partial charge in [-0.25, -0.2) is 0 Å². The lowest BCUT2D eigenvalue weighted by atomic mass is 10.0. The number of allylic oxidation sites excluding steroid dienone is 3. The standard InChI is InChI=1S/C30H35N5O/c1-5-6-7-25(23(4)18-31)19-33-14-10-22(3)27-17-26(9-8-21(27)2)35-29(36)24-11-15-34-28(16-24)30(20-32)12-13-30/h7-11,14-18H,5-6,12-13,19,31H2,1-4H3,(H,35,36)/b22-10+,23-18-,25-7-,33-14?. The first-order valence-corrected chi connectivity index (χ1v) is 12.4. The van der Waals surface area contributed by atoms with Gasteiger partial charge in [0.1, 0.15) is 0 Å². The van der Waals surface area contributed by atoms with Gasteiger partial charge in [-0.1, -0.05) is 25.5 Å². The maximum Gasteiger partial charge on any atom is 0.255 e. The first-order valence-electron chi connectivity index (χ1n) is 12.4. The molecule has 0 bridgehead atoms. The number of aromatic nitrogens is 1. The first-order chi connectivity index (χ1) is 17.3. The minimum atomic E-state index is -0.525. The van der Waals surface area contributed by atoms with Crippen LogP contribution in [0, 0.1) is 18.3 Å². The van der Waals surface area contributed by atoms with Crippen molar-refractivity contribution in [3.8, 4) is 6.07 Å². The molecular formula is C30H35N5O. The number of pyridine rings is 1. The highest BCUT2D eigenvalue weighted by atomic mass is 16.1. The molecule has 3 rings (SSSR count). The third-order valence-corrected chi connectivity index (χ3v) is 6.52. The third kappa shape index (κ3) is 6.57. The number of benzene rings is 1. The number of unbranched alkanes of at least 4 members (excludes halogenated alkanes) is 1. The molecule has 36 heavy (non-hydrogen) atoms. The van der Waals surface area contributed by atoms with E-state index in [4.69, 9.17) is 5.73 Å². The van der Waals surface area contributed by atoms with Gasteiger partial charge in [0, 0.05) is 23.7 Å². The van der Waals surface area contributed by atoms with Gasteiger partial charge in [0.2, 0.25) is 0 Å². The smallest absolute Gasteiger partial charge is 0.255 e. The summed E-state index contributed by atoms with van der Waals surface area (Å²) in [6.07, 6.45) is 12.9. The predicted molar refractivity (Wildman–Crippen MR) is 148 cm³/mol. The highest BCUT2D eigenvalue weighted by Gasteiger charge is 2.46. The molecule has 0 radical (unpaired) electrons. The number of nitrogens with two attached hydrogens (primary N) is 1. The van der Waals surface area contributed by atoms with Crippen molar-refractivity contribution in [3.05, 3.63) is 88.4 Å². The molecular weight excluding hydrogens is 446 g/mol. The van der Waals surface area contributed by atoms with Crippen LogP contribution in [0.1, 0.15) is 73.6 Å². The summed E-state index contributed by atoms with van der Waals surface area (Å²) in [6, 6.07) is 11.6. The summed E-state index contributed by atoms with van der Waals surface area (Å²) < 4.78 is 0. The zero-order valence-corrected chi connectivity index (χ0v) is 21.6. The lowest BCUT2D eigenvalue weighted by molar-refractivity contribution is 0.102. The van der Waals surface area contributed by atoms with Gasteiger partial charge in [0.25, 0.3) is 5.91 Å². The average Bonchev–Trinajstić information content (AvgIpc) is 3.70. The molecule has 0 saturated heterocycles. The fraction of sp³-hybridized carbons (Fsp3) is 0.333.